The summed E-state index contributed by atoms with van der Waals surface area (Å²) in [7, 11) is 1.52. The van der Waals surface area contributed by atoms with E-state index in [9.17, 15) is 0 Å². The average Bonchev–Trinajstić information content (AvgIpc) is 2.09. The zero-order valence-corrected chi connectivity index (χ0v) is 8.02. The molecule has 0 aliphatic carbocycles. The lowest BCUT2D eigenvalue weighted by Crippen LogP contribution is -2.04. The van der Waals surface area contributed by atoms with E-state index >= 15 is 0 Å². The van der Waals surface area contributed by atoms with Crippen molar-refractivity contribution in [2.75, 3.05) is 7.11 Å². The van der Waals surface area contributed by atoms with Crippen LogP contribution < -0.4 is 0 Å². The summed E-state index contributed by atoms with van der Waals surface area (Å²) in [5, 5.41) is 0.828. The highest BCUT2D eigenvalue weighted by Crippen LogP contribution is 2.09. The molecule has 0 N–H and O–H groups in total. The minimum atomic E-state index is 0.372. The molecule has 0 aliphatic rings. The van der Waals surface area contributed by atoms with Crippen LogP contribution in [-0.2, 0) is 11.2 Å². The maximum atomic E-state index is 5.74. The van der Waals surface area contributed by atoms with Gasteiger partial charge in [0.05, 0.1) is 19.2 Å². The van der Waals surface area contributed by atoms with Gasteiger partial charge in [-0.05, 0) is 12.2 Å². The summed E-state index contributed by atoms with van der Waals surface area (Å²) in [5.41, 5.74) is 0.644. The van der Waals surface area contributed by atoms with Crippen molar-refractivity contribution in [2.24, 2.45) is 0 Å². The van der Waals surface area contributed by atoms with Crippen molar-refractivity contribution in [1.82, 2.24) is 9.97 Å². The van der Waals surface area contributed by atoms with Crippen molar-refractivity contribution in [3.8, 4) is 0 Å². The smallest absolute Gasteiger partial charge is 0.165 e. The van der Waals surface area contributed by atoms with Gasteiger partial charge in [-0.1, -0.05) is 11.6 Å². The van der Waals surface area contributed by atoms with Gasteiger partial charge in [-0.2, -0.15) is 0 Å². The first-order chi connectivity index (χ1) is 5.74. The minimum Gasteiger partial charge on any atom is -0.490 e. The van der Waals surface area contributed by atoms with Gasteiger partial charge < -0.3 is 4.74 Å². The number of hydrogen-bond donors (Lipinski definition) is 0. The summed E-state index contributed by atoms with van der Waals surface area (Å²) in [6.07, 6.45) is 3.53. The molecule has 1 rings (SSSR count). The van der Waals surface area contributed by atoms with E-state index in [0.717, 1.165) is 0 Å². The number of ether oxygens (including phenoxy) is 1. The second-order valence-corrected chi connectivity index (χ2v) is 2.86. The van der Waals surface area contributed by atoms with Crippen LogP contribution in [0.15, 0.2) is 12.4 Å². The summed E-state index contributed by atoms with van der Waals surface area (Å²) < 4.78 is 4.81. The van der Waals surface area contributed by atoms with Gasteiger partial charge in [0.25, 0.3) is 0 Å². The Morgan fingerprint density at radius 2 is 2.25 bits per heavy atom. The molecule has 0 spiro atoms. The van der Waals surface area contributed by atoms with E-state index < -0.39 is 0 Å². The summed E-state index contributed by atoms with van der Waals surface area (Å²) in [6, 6.07) is 0. The second kappa shape index (κ2) is 4.33. The second-order valence-electron chi connectivity index (χ2n) is 2.05. The van der Waals surface area contributed by atoms with Gasteiger partial charge in [-0.3, -0.25) is 4.98 Å². The summed E-state index contributed by atoms with van der Waals surface area (Å²) in [6.45, 7) is 0. The molecular formula is C7H7ClN2OS. The molecule has 0 aliphatic heterocycles. The lowest BCUT2D eigenvalue weighted by atomic mass is 10.3. The largest absolute Gasteiger partial charge is 0.490 e. The minimum absolute atomic E-state index is 0.372. The van der Waals surface area contributed by atoms with Gasteiger partial charge in [0.1, 0.15) is 0 Å². The van der Waals surface area contributed by atoms with Gasteiger partial charge in [-0.15, -0.1) is 0 Å². The summed E-state index contributed by atoms with van der Waals surface area (Å²) >= 11 is 10.6. The highest BCUT2D eigenvalue weighted by Gasteiger charge is 2.04. The van der Waals surface area contributed by atoms with E-state index in [4.69, 9.17) is 28.6 Å². The molecule has 0 unspecified atom stereocenters. The van der Waals surface area contributed by atoms with Gasteiger partial charge in [0, 0.05) is 12.4 Å². The number of methoxy groups -OCH3 is 1. The third kappa shape index (κ3) is 2.39. The first kappa shape index (κ1) is 9.35. The van der Waals surface area contributed by atoms with Gasteiger partial charge in [-0.25, -0.2) is 4.98 Å². The first-order valence-electron chi connectivity index (χ1n) is 3.26. The number of rotatable bonds is 2. The molecule has 5 heteroatoms. The maximum absolute atomic E-state index is 5.74. The zero-order chi connectivity index (χ0) is 8.97. The molecule has 0 radical (unpaired) electrons. The highest BCUT2D eigenvalue weighted by atomic mass is 35.5. The van der Waals surface area contributed by atoms with Crippen LogP contribution in [0, 0.1) is 0 Å². The van der Waals surface area contributed by atoms with Crippen LogP contribution in [0.1, 0.15) is 5.69 Å². The Hall–Kier alpha value is -0.740. The normalized spacial score (nSPS) is 9.50. The summed E-state index contributed by atoms with van der Waals surface area (Å²) in [4.78, 5) is 7.86. The van der Waals surface area contributed by atoms with Crippen molar-refractivity contribution < 1.29 is 4.74 Å². The van der Waals surface area contributed by atoms with E-state index in [2.05, 4.69) is 9.97 Å². The Bertz CT molecular complexity index is 292. The molecule has 0 saturated carbocycles. The number of thiocarbonyl (C=S) groups is 1. The zero-order valence-electron chi connectivity index (χ0n) is 6.45. The Labute approximate surface area is 80.7 Å². The number of halogens is 1. The van der Waals surface area contributed by atoms with Crippen molar-refractivity contribution in [3.63, 3.8) is 0 Å². The van der Waals surface area contributed by atoms with Crippen molar-refractivity contribution in [2.45, 2.75) is 6.42 Å². The third-order valence-corrected chi connectivity index (χ3v) is 1.89. The quantitative estimate of drug-likeness (QED) is 0.684. The van der Waals surface area contributed by atoms with Crippen LogP contribution >= 0.6 is 23.8 Å². The van der Waals surface area contributed by atoms with E-state index in [1.807, 2.05) is 0 Å². The summed E-state index contributed by atoms with van der Waals surface area (Å²) in [5.74, 6) is 0. The topological polar surface area (TPSA) is 35.0 Å². The van der Waals surface area contributed by atoms with E-state index in [-0.39, 0.29) is 0 Å². The van der Waals surface area contributed by atoms with Crippen LogP contribution in [0.5, 0.6) is 0 Å². The molecule has 0 aromatic carbocycles. The van der Waals surface area contributed by atoms with Crippen molar-refractivity contribution in [3.05, 3.63) is 23.2 Å². The van der Waals surface area contributed by atoms with Gasteiger partial charge in [0.15, 0.2) is 10.2 Å². The predicted molar refractivity (Wildman–Crippen MR) is 50.4 cm³/mol. The molecule has 3 nitrogen and oxygen atoms in total. The molecule has 12 heavy (non-hydrogen) atoms. The molecule has 0 saturated heterocycles. The predicted octanol–water partition coefficient (Wildman–Crippen LogP) is 1.65. The lowest BCUT2D eigenvalue weighted by Gasteiger charge is -2.01. The highest BCUT2D eigenvalue weighted by molar-refractivity contribution is 7.80. The monoisotopic (exact) mass is 202 g/mol. The number of aromatic nitrogens is 2. The number of hydrogen-bond acceptors (Lipinski definition) is 4. The molecule has 0 fully saturated rings. The molecule has 1 aromatic heterocycles. The molecular weight excluding hydrogens is 196 g/mol. The molecule has 1 heterocycles. The third-order valence-electron chi connectivity index (χ3n) is 1.26. The van der Waals surface area contributed by atoms with Crippen LogP contribution in [0.4, 0.5) is 0 Å². The SMILES string of the molecule is COC(=S)Cc1nccnc1Cl. The Morgan fingerprint density at radius 3 is 2.83 bits per heavy atom. The Morgan fingerprint density at radius 1 is 1.58 bits per heavy atom. The molecule has 64 valence electrons. The fraction of sp³-hybridized carbons (Fsp3) is 0.286. The van der Waals surface area contributed by atoms with Gasteiger partial charge in [0.2, 0.25) is 0 Å². The van der Waals surface area contributed by atoms with Crippen LogP contribution in [0.25, 0.3) is 0 Å². The van der Waals surface area contributed by atoms with Crippen molar-refractivity contribution in [1.29, 1.82) is 0 Å². The first-order valence-corrected chi connectivity index (χ1v) is 4.05. The Balaban J connectivity index is 2.75. The van der Waals surface area contributed by atoms with Crippen molar-refractivity contribution >= 4 is 28.9 Å². The van der Waals surface area contributed by atoms with E-state index in [1.165, 1.54) is 13.3 Å². The fourth-order valence-corrected chi connectivity index (χ4v) is 0.986. The van der Waals surface area contributed by atoms with Crippen LogP contribution in [0.2, 0.25) is 5.15 Å². The molecule has 0 amide bonds. The molecule has 0 atom stereocenters. The Kier molecular flexibility index (Phi) is 3.37. The molecule has 0 bridgehead atoms. The van der Waals surface area contributed by atoms with Gasteiger partial charge >= 0.3 is 0 Å². The molecule has 1 aromatic rings. The van der Waals surface area contributed by atoms with Crippen LogP contribution in [0.3, 0.4) is 0 Å². The fourth-order valence-electron chi connectivity index (χ4n) is 0.677. The maximum Gasteiger partial charge on any atom is 0.165 e. The standard InChI is InChI=1S/C7H7ClN2OS/c1-11-6(12)4-5-7(8)10-3-2-9-5/h2-3H,4H2,1H3. The van der Waals surface area contributed by atoms with E-state index in [0.29, 0.717) is 22.3 Å². The van der Waals surface area contributed by atoms with E-state index in [1.54, 1.807) is 6.20 Å². The average molecular weight is 203 g/mol. The van der Waals surface area contributed by atoms with Crippen LogP contribution in [-0.4, -0.2) is 22.1 Å². The number of nitrogens with zero attached hydrogens (tertiary/aromatic N) is 2. The lowest BCUT2D eigenvalue weighted by molar-refractivity contribution is 0.405.